The SMILES string of the molecule is CC1CCCCC1(C)C[C@H](N)C(=O)O.Cl. The number of nitrogens with two attached hydrogens (primary N) is 1. The van der Waals surface area contributed by atoms with Crippen molar-refractivity contribution in [1.82, 2.24) is 0 Å². The van der Waals surface area contributed by atoms with E-state index in [2.05, 4.69) is 13.8 Å². The lowest BCUT2D eigenvalue weighted by molar-refractivity contribution is -0.139. The van der Waals surface area contributed by atoms with Crippen molar-refractivity contribution in [3.8, 4) is 0 Å². The van der Waals surface area contributed by atoms with Crippen LogP contribution in [-0.2, 0) is 4.79 Å². The summed E-state index contributed by atoms with van der Waals surface area (Å²) in [5.74, 6) is -0.273. The lowest BCUT2D eigenvalue weighted by Crippen LogP contribution is -2.40. The molecule has 0 aromatic rings. The van der Waals surface area contributed by atoms with Crippen molar-refractivity contribution < 1.29 is 9.90 Å². The summed E-state index contributed by atoms with van der Waals surface area (Å²) in [5.41, 5.74) is 5.73. The largest absolute Gasteiger partial charge is 0.480 e. The molecule has 1 aliphatic rings. The third-order valence-corrected chi connectivity index (χ3v) is 3.83. The van der Waals surface area contributed by atoms with Crippen LogP contribution in [0.1, 0.15) is 46.0 Å². The number of hydrogen-bond acceptors (Lipinski definition) is 2. The van der Waals surface area contributed by atoms with Crippen LogP contribution in [0.15, 0.2) is 0 Å². The first-order chi connectivity index (χ1) is 6.46. The van der Waals surface area contributed by atoms with Crippen molar-refractivity contribution in [2.45, 2.75) is 52.0 Å². The molecule has 0 spiro atoms. The molecule has 0 aromatic heterocycles. The van der Waals surface area contributed by atoms with Gasteiger partial charge in [-0.05, 0) is 24.2 Å². The van der Waals surface area contributed by atoms with E-state index in [0.717, 1.165) is 6.42 Å². The van der Waals surface area contributed by atoms with Crippen LogP contribution in [0.4, 0.5) is 0 Å². The zero-order valence-electron chi connectivity index (χ0n) is 9.53. The van der Waals surface area contributed by atoms with Crippen LogP contribution in [0, 0.1) is 11.3 Å². The molecule has 1 saturated carbocycles. The van der Waals surface area contributed by atoms with Crippen LogP contribution in [-0.4, -0.2) is 17.1 Å². The summed E-state index contributed by atoms with van der Waals surface area (Å²) in [6, 6.07) is -0.694. The number of carboxylic acid groups (broad SMARTS) is 1. The van der Waals surface area contributed by atoms with E-state index in [1.165, 1.54) is 19.3 Å². The van der Waals surface area contributed by atoms with Gasteiger partial charge in [-0.15, -0.1) is 12.4 Å². The predicted octanol–water partition coefficient (Wildman–Crippen LogP) is 2.43. The summed E-state index contributed by atoms with van der Waals surface area (Å²) < 4.78 is 0. The molecule has 15 heavy (non-hydrogen) atoms. The summed E-state index contributed by atoms with van der Waals surface area (Å²) in [4.78, 5) is 10.7. The zero-order valence-corrected chi connectivity index (χ0v) is 10.3. The van der Waals surface area contributed by atoms with Crippen molar-refractivity contribution in [3.63, 3.8) is 0 Å². The normalized spacial score (nSPS) is 32.9. The van der Waals surface area contributed by atoms with Crippen LogP contribution in [0.3, 0.4) is 0 Å². The van der Waals surface area contributed by atoms with Crippen molar-refractivity contribution in [2.75, 3.05) is 0 Å². The highest BCUT2D eigenvalue weighted by Gasteiger charge is 2.36. The lowest BCUT2D eigenvalue weighted by atomic mass is 9.65. The third kappa shape index (κ3) is 3.65. The molecule has 1 aliphatic carbocycles. The van der Waals surface area contributed by atoms with E-state index < -0.39 is 12.0 Å². The van der Waals surface area contributed by atoms with Crippen LogP contribution in [0.25, 0.3) is 0 Å². The van der Waals surface area contributed by atoms with Gasteiger partial charge in [0.05, 0.1) is 0 Å². The Balaban J connectivity index is 0.00000196. The molecule has 0 aromatic carbocycles. The fourth-order valence-electron chi connectivity index (χ4n) is 2.47. The third-order valence-electron chi connectivity index (χ3n) is 3.83. The minimum atomic E-state index is -0.871. The maximum Gasteiger partial charge on any atom is 0.320 e. The van der Waals surface area contributed by atoms with Crippen molar-refractivity contribution in [1.29, 1.82) is 0 Å². The Bertz CT molecular complexity index is 223. The van der Waals surface area contributed by atoms with E-state index in [0.29, 0.717) is 12.3 Å². The molecular weight excluding hydrogens is 214 g/mol. The highest BCUT2D eigenvalue weighted by Crippen LogP contribution is 2.43. The first-order valence-electron chi connectivity index (χ1n) is 5.44. The van der Waals surface area contributed by atoms with Crippen LogP contribution >= 0.6 is 12.4 Å². The molecule has 0 saturated heterocycles. The summed E-state index contributed by atoms with van der Waals surface area (Å²) >= 11 is 0. The van der Waals surface area contributed by atoms with E-state index in [4.69, 9.17) is 10.8 Å². The molecule has 1 rings (SSSR count). The monoisotopic (exact) mass is 235 g/mol. The van der Waals surface area contributed by atoms with E-state index in [1.807, 2.05) is 0 Å². The van der Waals surface area contributed by atoms with Gasteiger partial charge in [-0.1, -0.05) is 33.1 Å². The number of halogens is 1. The van der Waals surface area contributed by atoms with Gasteiger partial charge in [0.15, 0.2) is 0 Å². The Morgan fingerprint density at radius 3 is 2.67 bits per heavy atom. The smallest absolute Gasteiger partial charge is 0.320 e. The van der Waals surface area contributed by atoms with Crippen LogP contribution < -0.4 is 5.73 Å². The van der Waals surface area contributed by atoms with E-state index >= 15 is 0 Å². The molecule has 3 N–H and O–H groups in total. The van der Waals surface area contributed by atoms with E-state index in [9.17, 15) is 4.79 Å². The Hall–Kier alpha value is -0.280. The fourth-order valence-corrected chi connectivity index (χ4v) is 2.47. The van der Waals surface area contributed by atoms with E-state index in [-0.39, 0.29) is 17.8 Å². The molecule has 4 heteroatoms. The molecule has 3 atom stereocenters. The Kier molecular flexibility index (Phi) is 5.60. The Labute approximate surface area is 97.8 Å². The van der Waals surface area contributed by atoms with Gasteiger partial charge < -0.3 is 10.8 Å². The minimum absolute atomic E-state index is 0. The van der Waals surface area contributed by atoms with Crippen LogP contribution in [0.5, 0.6) is 0 Å². The average Bonchev–Trinajstić information content (AvgIpc) is 2.10. The standard InChI is InChI=1S/C11H21NO2.ClH/c1-8-5-3-4-6-11(8,2)7-9(12)10(13)14;/h8-9H,3-7,12H2,1-2H3,(H,13,14);1H/t8?,9-,11?;/m0./s1. The summed E-state index contributed by atoms with van der Waals surface area (Å²) in [5, 5.41) is 8.79. The van der Waals surface area contributed by atoms with Gasteiger partial charge in [0, 0.05) is 0 Å². The number of aliphatic carboxylic acids is 1. The van der Waals surface area contributed by atoms with Gasteiger partial charge in [0.25, 0.3) is 0 Å². The molecule has 90 valence electrons. The Morgan fingerprint density at radius 1 is 1.60 bits per heavy atom. The van der Waals surface area contributed by atoms with Gasteiger partial charge in [0.1, 0.15) is 6.04 Å². The minimum Gasteiger partial charge on any atom is -0.480 e. The van der Waals surface area contributed by atoms with Crippen molar-refractivity contribution in [2.24, 2.45) is 17.1 Å². The molecule has 2 unspecified atom stereocenters. The van der Waals surface area contributed by atoms with Crippen molar-refractivity contribution >= 4 is 18.4 Å². The van der Waals surface area contributed by atoms with Crippen molar-refractivity contribution in [3.05, 3.63) is 0 Å². The molecule has 0 aliphatic heterocycles. The van der Waals surface area contributed by atoms with Gasteiger partial charge in [-0.25, -0.2) is 0 Å². The highest BCUT2D eigenvalue weighted by atomic mass is 35.5. The topological polar surface area (TPSA) is 63.3 Å². The van der Waals surface area contributed by atoms with Gasteiger partial charge in [-0.3, -0.25) is 4.79 Å². The quantitative estimate of drug-likeness (QED) is 0.790. The van der Waals surface area contributed by atoms with Gasteiger partial charge in [0.2, 0.25) is 0 Å². The molecule has 0 radical (unpaired) electrons. The number of carboxylic acids is 1. The zero-order chi connectivity index (χ0) is 10.8. The first kappa shape index (κ1) is 14.7. The molecule has 0 amide bonds. The van der Waals surface area contributed by atoms with E-state index in [1.54, 1.807) is 0 Å². The molecule has 1 fully saturated rings. The maximum atomic E-state index is 10.7. The summed E-state index contributed by atoms with van der Waals surface area (Å²) in [6.07, 6.45) is 5.44. The molecule has 0 bridgehead atoms. The predicted molar refractivity (Wildman–Crippen MR) is 63.2 cm³/mol. The second-order valence-electron chi connectivity index (χ2n) is 4.95. The second kappa shape index (κ2) is 5.71. The first-order valence-corrected chi connectivity index (χ1v) is 5.44. The Morgan fingerprint density at radius 2 is 2.20 bits per heavy atom. The number of hydrogen-bond donors (Lipinski definition) is 2. The van der Waals surface area contributed by atoms with Gasteiger partial charge in [-0.2, -0.15) is 0 Å². The highest BCUT2D eigenvalue weighted by molar-refractivity contribution is 5.85. The molecular formula is C11H22ClNO2. The number of rotatable bonds is 3. The second-order valence-corrected chi connectivity index (χ2v) is 4.95. The lowest BCUT2D eigenvalue weighted by Gasteiger charge is -2.40. The van der Waals surface area contributed by atoms with Gasteiger partial charge >= 0.3 is 5.97 Å². The molecule has 3 nitrogen and oxygen atoms in total. The van der Waals surface area contributed by atoms with Crippen LogP contribution in [0.2, 0.25) is 0 Å². The number of carbonyl (C=O) groups is 1. The summed E-state index contributed by atoms with van der Waals surface area (Å²) in [6.45, 7) is 4.40. The summed E-state index contributed by atoms with van der Waals surface area (Å²) in [7, 11) is 0. The average molecular weight is 236 g/mol. The maximum absolute atomic E-state index is 10.7. The fraction of sp³-hybridized carbons (Fsp3) is 0.909. The molecule has 0 heterocycles.